The Labute approximate surface area is 146 Å². The van der Waals surface area contributed by atoms with Gasteiger partial charge in [-0.2, -0.15) is 0 Å². The molecule has 0 saturated carbocycles. The van der Waals surface area contributed by atoms with Gasteiger partial charge in [-0.05, 0) is 39.4 Å². The third-order valence-electron chi connectivity index (χ3n) is 4.62. The number of amides is 2. The van der Waals surface area contributed by atoms with Crippen LogP contribution in [0.5, 0.6) is 0 Å². The van der Waals surface area contributed by atoms with Crippen molar-refractivity contribution in [2.75, 3.05) is 60.0 Å². The Morgan fingerprint density at radius 1 is 1.27 bits per heavy atom. The molecule has 132 valence electrons. The molecule has 0 aromatic carbocycles. The lowest BCUT2D eigenvalue weighted by molar-refractivity contribution is 0.0724. The Morgan fingerprint density at radius 3 is 2.59 bits per heavy atom. The standard InChI is InChI=1S/C14H28N4O2.2ClH/c1-17-9-3-10-18(13(19)16-8-11-20-2)12-14(17)4-6-15-7-5-14;;/h15H,3-12H2,1-2H3,(H,16,19);2*1H. The molecule has 2 N–H and O–H groups in total. The van der Waals surface area contributed by atoms with Crippen molar-refractivity contribution in [1.82, 2.24) is 20.4 Å². The number of hydrogen-bond donors (Lipinski definition) is 2. The molecule has 2 heterocycles. The van der Waals surface area contributed by atoms with Gasteiger partial charge in [-0.15, -0.1) is 24.8 Å². The second-order valence-electron chi connectivity index (χ2n) is 5.90. The maximum Gasteiger partial charge on any atom is 0.317 e. The summed E-state index contributed by atoms with van der Waals surface area (Å²) in [7, 11) is 3.86. The van der Waals surface area contributed by atoms with Crippen LogP contribution in [0.3, 0.4) is 0 Å². The van der Waals surface area contributed by atoms with E-state index in [0.717, 1.165) is 52.0 Å². The van der Waals surface area contributed by atoms with Crippen LogP contribution in [0.25, 0.3) is 0 Å². The number of ether oxygens (including phenoxy) is 1. The third-order valence-corrected chi connectivity index (χ3v) is 4.62. The van der Waals surface area contributed by atoms with E-state index in [2.05, 4.69) is 22.6 Å². The van der Waals surface area contributed by atoms with Crippen molar-refractivity contribution in [3.05, 3.63) is 0 Å². The zero-order chi connectivity index (χ0) is 14.4. The summed E-state index contributed by atoms with van der Waals surface area (Å²) >= 11 is 0. The van der Waals surface area contributed by atoms with Crippen LogP contribution in [0.15, 0.2) is 0 Å². The lowest BCUT2D eigenvalue weighted by Gasteiger charge is -2.45. The van der Waals surface area contributed by atoms with Crippen molar-refractivity contribution in [2.45, 2.75) is 24.8 Å². The number of carbonyl (C=O) groups excluding carboxylic acids is 1. The van der Waals surface area contributed by atoms with Crippen LogP contribution < -0.4 is 10.6 Å². The molecule has 2 saturated heterocycles. The van der Waals surface area contributed by atoms with Gasteiger partial charge < -0.3 is 20.3 Å². The van der Waals surface area contributed by atoms with Gasteiger partial charge in [-0.1, -0.05) is 0 Å². The van der Waals surface area contributed by atoms with E-state index in [0.29, 0.717) is 13.2 Å². The summed E-state index contributed by atoms with van der Waals surface area (Å²) in [4.78, 5) is 16.7. The minimum Gasteiger partial charge on any atom is -0.383 e. The van der Waals surface area contributed by atoms with Crippen molar-refractivity contribution in [3.8, 4) is 0 Å². The molecular formula is C14H30Cl2N4O2. The van der Waals surface area contributed by atoms with E-state index in [-0.39, 0.29) is 36.4 Å². The highest BCUT2D eigenvalue weighted by Gasteiger charge is 2.40. The summed E-state index contributed by atoms with van der Waals surface area (Å²) in [5, 5.41) is 6.37. The molecule has 2 amide bonds. The first kappa shape index (κ1) is 21.7. The average molecular weight is 357 g/mol. The number of nitrogens with one attached hydrogen (secondary N) is 2. The number of halogens is 2. The molecule has 0 atom stereocenters. The van der Waals surface area contributed by atoms with Crippen LogP contribution >= 0.6 is 24.8 Å². The van der Waals surface area contributed by atoms with Gasteiger partial charge in [0, 0.05) is 38.8 Å². The summed E-state index contributed by atoms with van der Waals surface area (Å²) in [5.74, 6) is 0. The van der Waals surface area contributed by atoms with E-state index in [1.165, 1.54) is 0 Å². The van der Waals surface area contributed by atoms with E-state index < -0.39 is 0 Å². The molecule has 2 aliphatic rings. The second kappa shape index (κ2) is 10.5. The minimum atomic E-state index is 0. The third kappa shape index (κ3) is 5.42. The Morgan fingerprint density at radius 2 is 1.95 bits per heavy atom. The topological polar surface area (TPSA) is 56.8 Å². The van der Waals surface area contributed by atoms with Crippen molar-refractivity contribution >= 4 is 30.8 Å². The van der Waals surface area contributed by atoms with Crippen LogP contribution in [-0.4, -0.2) is 81.4 Å². The molecule has 0 aromatic rings. The van der Waals surface area contributed by atoms with Crippen molar-refractivity contribution in [1.29, 1.82) is 0 Å². The van der Waals surface area contributed by atoms with Crippen molar-refractivity contribution in [3.63, 3.8) is 0 Å². The summed E-state index contributed by atoms with van der Waals surface area (Å²) in [6.07, 6.45) is 3.28. The normalized spacial score (nSPS) is 21.5. The van der Waals surface area contributed by atoms with E-state index in [4.69, 9.17) is 4.74 Å². The number of rotatable bonds is 3. The maximum atomic E-state index is 12.3. The number of likely N-dealkylation sites (N-methyl/N-ethyl adjacent to an activating group) is 1. The van der Waals surface area contributed by atoms with Gasteiger partial charge in [-0.25, -0.2) is 4.79 Å². The predicted octanol–water partition coefficient (Wildman–Crippen LogP) is 0.946. The van der Waals surface area contributed by atoms with Gasteiger partial charge >= 0.3 is 6.03 Å². The highest BCUT2D eigenvalue weighted by molar-refractivity contribution is 5.85. The van der Waals surface area contributed by atoms with Gasteiger partial charge in [0.15, 0.2) is 0 Å². The predicted molar refractivity (Wildman–Crippen MR) is 93.4 cm³/mol. The molecule has 6 nitrogen and oxygen atoms in total. The Balaban J connectivity index is 0.00000220. The van der Waals surface area contributed by atoms with Gasteiger partial charge in [0.2, 0.25) is 0 Å². The Kier molecular flexibility index (Phi) is 10.4. The SMILES string of the molecule is COCCNC(=O)N1CCCN(C)C2(CCNCC2)C1.Cl.Cl. The molecule has 0 aliphatic carbocycles. The highest BCUT2D eigenvalue weighted by Crippen LogP contribution is 2.28. The fraction of sp³-hybridized carbons (Fsp3) is 0.929. The van der Waals surface area contributed by atoms with Crippen LogP contribution in [0, 0.1) is 0 Å². The van der Waals surface area contributed by atoms with E-state index in [9.17, 15) is 4.79 Å². The first-order valence-electron chi connectivity index (χ1n) is 7.62. The average Bonchev–Trinajstić information content (AvgIpc) is 2.61. The zero-order valence-electron chi connectivity index (χ0n) is 13.6. The molecule has 2 fully saturated rings. The molecule has 0 aromatic heterocycles. The van der Waals surface area contributed by atoms with Gasteiger partial charge in [0.1, 0.15) is 0 Å². The summed E-state index contributed by atoms with van der Waals surface area (Å²) < 4.78 is 4.98. The van der Waals surface area contributed by atoms with Crippen LogP contribution in [0.1, 0.15) is 19.3 Å². The summed E-state index contributed by atoms with van der Waals surface area (Å²) in [6, 6.07) is 0.0512. The lowest BCUT2D eigenvalue weighted by atomic mass is 9.86. The van der Waals surface area contributed by atoms with Crippen LogP contribution in [-0.2, 0) is 4.74 Å². The molecular weight excluding hydrogens is 327 g/mol. The fourth-order valence-electron chi connectivity index (χ4n) is 3.27. The number of methoxy groups -OCH3 is 1. The number of carbonyl (C=O) groups is 1. The van der Waals surface area contributed by atoms with Crippen LogP contribution in [0.2, 0.25) is 0 Å². The van der Waals surface area contributed by atoms with Gasteiger partial charge in [0.05, 0.1) is 6.61 Å². The molecule has 0 unspecified atom stereocenters. The number of nitrogens with zero attached hydrogens (tertiary/aromatic N) is 2. The van der Waals surface area contributed by atoms with Gasteiger partial charge in [0.25, 0.3) is 0 Å². The van der Waals surface area contributed by atoms with Crippen molar-refractivity contribution in [2.24, 2.45) is 0 Å². The first-order valence-corrected chi connectivity index (χ1v) is 7.62. The molecule has 2 aliphatic heterocycles. The molecule has 0 bridgehead atoms. The van der Waals surface area contributed by atoms with E-state index in [1.54, 1.807) is 7.11 Å². The fourth-order valence-corrected chi connectivity index (χ4v) is 3.27. The smallest absolute Gasteiger partial charge is 0.317 e. The molecule has 0 radical (unpaired) electrons. The molecule has 8 heteroatoms. The highest BCUT2D eigenvalue weighted by atomic mass is 35.5. The minimum absolute atomic E-state index is 0. The first-order chi connectivity index (χ1) is 9.68. The van der Waals surface area contributed by atoms with E-state index in [1.807, 2.05) is 4.90 Å². The van der Waals surface area contributed by atoms with Crippen LogP contribution in [0.4, 0.5) is 4.79 Å². The molecule has 1 spiro atoms. The van der Waals surface area contributed by atoms with Crippen molar-refractivity contribution < 1.29 is 9.53 Å². The Hall–Kier alpha value is -0.270. The lowest BCUT2D eigenvalue weighted by Crippen LogP contribution is -2.59. The summed E-state index contributed by atoms with van der Waals surface area (Å²) in [6.45, 7) is 5.99. The van der Waals surface area contributed by atoms with Gasteiger partial charge in [-0.3, -0.25) is 4.90 Å². The number of urea groups is 1. The number of piperidine rings is 1. The Bertz CT molecular complexity index is 328. The largest absolute Gasteiger partial charge is 0.383 e. The zero-order valence-corrected chi connectivity index (χ0v) is 15.2. The quantitative estimate of drug-likeness (QED) is 0.739. The molecule has 2 rings (SSSR count). The molecule has 22 heavy (non-hydrogen) atoms. The number of hydrogen-bond acceptors (Lipinski definition) is 4. The summed E-state index contributed by atoms with van der Waals surface area (Å²) in [5.41, 5.74) is 0.153. The maximum absolute atomic E-state index is 12.3. The second-order valence-corrected chi connectivity index (χ2v) is 5.90. The monoisotopic (exact) mass is 356 g/mol. The van der Waals surface area contributed by atoms with E-state index >= 15 is 0 Å².